The standard InChI is InChI=1S/C98H57N5O3/c1-7-28-87-70(22-1)79-49-58(61-37-43-96-82(52-61)73-25-4-10-31-93(73)104-96)34-40-90(79)101(87)67-19-13-16-64(46-67)76-55-78-85(66-18-15-21-69(48-66)103-89-30-9-3-24-72(89)81-51-60(36-42-92(81)103)63-39-45-98-84(54-63)75-27-6-12-33-95(75)106-98)57-99-100-86(78)56-77(76)65-17-14-20-68(47-65)102-88-29-8-2-23-71(88)80-50-59(35-41-91(80)102)62-38-44-97-83(53-62)74-26-5-11-32-94(74)105-97/h1-57H. The van der Waals surface area contributed by atoms with Gasteiger partial charge in [-0.25, -0.2) is 0 Å². The van der Waals surface area contributed by atoms with Gasteiger partial charge in [-0.05, 0) is 219 Å². The van der Waals surface area contributed by atoms with Crippen LogP contribution in [0.15, 0.2) is 359 Å². The van der Waals surface area contributed by atoms with Gasteiger partial charge < -0.3 is 27.0 Å². The van der Waals surface area contributed by atoms with E-state index in [4.69, 9.17) is 23.4 Å². The van der Waals surface area contributed by atoms with Gasteiger partial charge in [0.15, 0.2) is 0 Å². The molecule has 0 aliphatic heterocycles. The van der Waals surface area contributed by atoms with Crippen molar-refractivity contribution in [1.82, 2.24) is 23.9 Å². The molecule has 0 atom stereocenters. The molecule has 8 nitrogen and oxygen atoms in total. The van der Waals surface area contributed by atoms with E-state index in [-0.39, 0.29) is 0 Å². The first-order valence-electron chi connectivity index (χ1n) is 36.0. The minimum absolute atomic E-state index is 0.790. The lowest BCUT2D eigenvalue weighted by atomic mass is 9.90. The molecule has 492 valence electrons. The Bertz CT molecular complexity index is 7680. The lowest BCUT2D eigenvalue weighted by molar-refractivity contribution is 0.668. The van der Waals surface area contributed by atoms with E-state index < -0.39 is 0 Å². The van der Waals surface area contributed by atoms with Crippen LogP contribution >= 0.6 is 0 Å². The Balaban J connectivity index is 0.682. The van der Waals surface area contributed by atoms with Crippen molar-refractivity contribution >= 4 is 142 Å². The van der Waals surface area contributed by atoms with Crippen molar-refractivity contribution in [1.29, 1.82) is 0 Å². The highest BCUT2D eigenvalue weighted by Crippen LogP contribution is 2.46. The Kier molecular flexibility index (Phi) is 12.4. The van der Waals surface area contributed by atoms with E-state index in [1.807, 2.05) is 42.6 Å². The molecule has 0 spiro atoms. The Morgan fingerprint density at radius 3 is 0.877 bits per heavy atom. The Labute approximate surface area is 605 Å². The molecule has 7 aromatic heterocycles. The predicted molar refractivity (Wildman–Crippen MR) is 437 cm³/mol. The average molecular weight is 1350 g/mol. The maximum atomic E-state index is 6.27. The van der Waals surface area contributed by atoms with Crippen molar-refractivity contribution in [3.63, 3.8) is 0 Å². The van der Waals surface area contributed by atoms with Gasteiger partial charge in [-0.3, -0.25) is 0 Å². The monoisotopic (exact) mass is 1350 g/mol. The van der Waals surface area contributed by atoms with Gasteiger partial charge in [-0.15, -0.1) is 0 Å². The normalized spacial score (nSPS) is 12.2. The Morgan fingerprint density at radius 1 is 0.189 bits per heavy atom. The van der Waals surface area contributed by atoms with Crippen LogP contribution in [0.25, 0.3) is 226 Å². The zero-order valence-electron chi connectivity index (χ0n) is 56.9. The van der Waals surface area contributed by atoms with Gasteiger partial charge in [0.25, 0.3) is 0 Å². The van der Waals surface area contributed by atoms with E-state index in [2.05, 4.69) is 317 Å². The second-order valence-electron chi connectivity index (χ2n) is 28.0. The summed E-state index contributed by atoms with van der Waals surface area (Å²) in [5.41, 5.74) is 29.1. The number of para-hydroxylation sites is 6. The molecule has 0 bridgehead atoms. The summed E-state index contributed by atoms with van der Waals surface area (Å²) in [6.07, 6.45) is 1.94. The third-order valence-corrected chi connectivity index (χ3v) is 22.2. The van der Waals surface area contributed by atoms with Crippen LogP contribution < -0.4 is 0 Å². The molecule has 0 unspecified atom stereocenters. The van der Waals surface area contributed by atoms with Gasteiger partial charge in [-0.2, -0.15) is 10.2 Å². The molecule has 23 aromatic rings. The summed E-state index contributed by atoms with van der Waals surface area (Å²) in [6.45, 7) is 0. The third kappa shape index (κ3) is 8.88. The molecular weight excluding hydrogens is 1300 g/mol. The summed E-state index contributed by atoms with van der Waals surface area (Å²) in [4.78, 5) is 0. The molecule has 0 aliphatic rings. The summed E-state index contributed by atoms with van der Waals surface area (Å²) in [5.74, 6) is 0. The molecule has 0 aliphatic carbocycles. The van der Waals surface area contributed by atoms with Gasteiger partial charge in [0.05, 0.1) is 44.8 Å². The number of nitrogens with zero attached hydrogens (tertiary/aromatic N) is 5. The smallest absolute Gasteiger partial charge is 0.135 e. The summed E-state index contributed by atoms with van der Waals surface area (Å²) in [6, 6.07) is 123. The number of benzene rings is 16. The van der Waals surface area contributed by atoms with Crippen molar-refractivity contribution in [3.8, 4) is 83.8 Å². The van der Waals surface area contributed by atoms with Crippen molar-refractivity contribution < 1.29 is 13.3 Å². The fourth-order valence-electron chi connectivity index (χ4n) is 17.3. The van der Waals surface area contributed by atoms with Gasteiger partial charge in [0.1, 0.15) is 33.5 Å². The molecule has 23 rings (SSSR count). The Morgan fingerprint density at radius 2 is 0.491 bits per heavy atom. The second-order valence-corrected chi connectivity index (χ2v) is 28.0. The summed E-state index contributed by atoms with van der Waals surface area (Å²) >= 11 is 0. The molecule has 0 N–H and O–H groups in total. The predicted octanol–water partition coefficient (Wildman–Crippen LogP) is 26.6. The van der Waals surface area contributed by atoms with Crippen molar-refractivity contribution in [2.75, 3.05) is 0 Å². The maximum Gasteiger partial charge on any atom is 0.135 e. The van der Waals surface area contributed by atoms with Crippen LogP contribution in [0.4, 0.5) is 0 Å². The van der Waals surface area contributed by atoms with Crippen LogP contribution in [-0.2, 0) is 0 Å². The van der Waals surface area contributed by atoms with Crippen LogP contribution in [-0.4, -0.2) is 23.9 Å². The number of furan rings is 3. The van der Waals surface area contributed by atoms with Crippen molar-refractivity contribution in [2.24, 2.45) is 0 Å². The fourth-order valence-corrected chi connectivity index (χ4v) is 17.3. The average Bonchev–Trinajstić information content (AvgIpc) is 1.60. The molecular formula is C98H57N5O3. The number of fused-ring (bicyclic) bond motifs is 19. The number of hydrogen-bond donors (Lipinski definition) is 0. The molecule has 0 saturated carbocycles. The summed E-state index contributed by atoms with van der Waals surface area (Å²) < 4.78 is 26.0. The van der Waals surface area contributed by atoms with E-state index >= 15 is 0 Å². The lowest BCUT2D eigenvalue weighted by Gasteiger charge is -2.17. The second kappa shape index (κ2) is 22.6. The molecule has 0 fully saturated rings. The highest BCUT2D eigenvalue weighted by atomic mass is 16.3. The van der Waals surface area contributed by atoms with Crippen molar-refractivity contribution in [2.45, 2.75) is 0 Å². The lowest BCUT2D eigenvalue weighted by Crippen LogP contribution is -1.98. The molecule has 8 heteroatoms. The molecule has 0 radical (unpaired) electrons. The van der Waals surface area contributed by atoms with Crippen LogP contribution in [0, 0.1) is 0 Å². The van der Waals surface area contributed by atoms with Crippen LogP contribution in [0.5, 0.6) is 0 Å². The van der Waals surface area contributed by atoms with E-state index in [1.54, 1.807) is 0 Å². The molecule has 16 aromatic carbocycles. The molecule has 0 saturated heterocycles. The largest absolute Gasteiger partial charge is 0.456 e. The summed E-state index contributed by atoms with van der Waals surface area (Å²) in [7, 11) is 0. The first kappa shape index (κ1) is 58.3. The van der Waals surface area contributed by atoms with Gasteiger partial charge >= 0.3 is 0 Å². The SMILES string of the molecule is c1cc(-c2cc3nncc(-c4cccc(-n5c6ccccc6c6cc(-c7ccc8oc9ccccc9c8c7)ccc65)c4)c3cc2-c2cccc(-n3c4ccccc4c4cc(-c5ccc6oc7ccccc7c6c5)ccc43)c2)cc(-n2c3ccccc3c3cc(-c4ccc5oc6ccccc6c5c4)ccc32)c1. The quantitative estimate of drug-likeness (QED) is 0.144. The van der Waals surface area contributed by atoms with E-state index in [0.717, 1.165) is 194 Å². The van der Waals surface area contributed by atoms with Gasteiger partial charge in [-0.1, -0.05) is 182 Å². The topological polar surface area (TPSA) is 80.0 Å². The Hall–Kier alpha value is -14.3. The number of hydrogen-bond acceptors (Lipinski definition) is 5. The van der Waals surface area contributed by atoms with E-state index in [0.29, 0.717) is 0 Å². The van der Waals surface area contributed by atoms with Crippen LogP contribution in [0.3, 0.4) is 0 Å². The van der Waals surface area contributed by atoms with Gasteiger partial charge in [0.2, 0.25) is 0 Å². The number of rotatable bonds is 9. The number of aromatic nitrogens is 5. The molecule has 7 heterocycles. The molecule has 106 heavy (non-hydrogen) atoms. The zero-order valence-corrected chi connectivity index (χ0v) is 56.9. The highest BCUT2D eigenvalue weighted by Gasteiger charge is 2.23. The van der Waals surface area contributed by atoms with E-state index in [1.165, 1.54) is 32.3 Å². The highest BCUT2D eigenvalue weighted by molar-refractivity contribution is 6.16. The summed E-state index contributed by atoms with van der Waals surface area (Å²) in [5, 5.41) is 24.6. The zero-order chi connectivity index (χ0) is 69.2. The van der Waals surface area contributed by atoms with Gasteiger partial charge in [0, 0.05) is 92.6 Å². The van der Waals surface area contributed by atoms with Crippen LogP contribution in [0.2, 0.25) is 0 Å². The maximum absolute atomic E-state index is 6.27. The first-order chi connectivity index (χ1) is 52.5. The van der Waals surface area contributed by atoms with Crippen molar-refractivity contribution in [3.05, 3.63) is 346 Å². The minimum Gasteiger partial charge on any atom is -0.456 e. The third-order valence-electron chi connectivity index (χ3n) is 22.2. The first-order valence-corrected chi connectivity index (χ1v) is 36.0. The van der Waals surface area contributed by atoms with E-state index in [9.17, 15) is 0 Å². The molecule has 0 amide bonds. The fraction of sp³-hybridized carbons (Fsp3) is 0. The minimum atomic E-state index is 0.790. The van der Waals surface area contributed by atoms with Crippen LogP contribution in [0.1, 0.15) is 0 Å².